The number of nitrogens with zero attached hydrogens (tertiary/aromatic N) is 2. The molecule has 0 saturated carbocycles. The Balaban J connectivity index is 1.69. The van der Waals surface area contributed by atoms with Crippen LogP contribution in [0.25, 0.3) is 0 Å². The molecule has 5 nitrogen and oxygen atoms in total. The number of carbonyl (C=O) groups is 2. The van der Waals surface area contributed by atoms with Crippen LogP contribution in [0.2, 0.25) is 0 Å². The van der Waals surface area contributed by atoms with E-state index in [0.29, 0.717) is 26.2 Å². The SMILES string of the molecule is Cc1cccc(N2CCN(C(=O)C(NC(=O)c3c(F)cccc3F)C(C)C)CC2)c1C. The Morgan fingerprint density at radius 1 is 0.935 bits per heavy atom. The van der Waals surface area contributed by atoms with E-state index in [1.165, 1.54) is 17.2 Å². The summed E-state index contributed by atoms with van der Waals surface area (Å²) in [5.74, 6) is -3.29. The van der Waals surface area contributed by atoms with Gasteiger partial charge in [-0.2, -0.15) is 0 Å². The summed E-state index contributed by atoms with van der Waals surface area (Å²) in [6.45, 7) is 10.1. The lowest BCUT2D eigenvalue weighted by Crippen LogP contribution is -2.56. The van der Waals surface area contributed by atoms with Gasteiger partial charge in [-0.15, -0.1) is 0 Å². The number of piperazine rings is 1. The Morgan fingerprint density at radius 2 is 1.52 bits per heavy atom. The van der Waals surface area contributed by atoms with Crippen molar-refractivity contribution in [3.63, 3.8) is 0 Å². The standard InChI is InChI=1S/C24H29F2N3O2/c1-15(2)22(27-23(30)21-18(25)8-6-9-19(21)26)24(31)29-13-11-28(12-14-29)20-10-5-7-16(3)17(20)4/h5-10,15,22H,11-14H2,1-4H3,(H,27,30). The number of nitrogens with one attached hydrogen (secondary N) is 1. The quantitative estimate of drug-likeness (QED) is 0.789. The number of anilines is 1. The molecule has 7 heteroatoms. The van der Waals surface area contributed by atoms with E-state index in [4.69, 9.17) is 0 Å². The highest BCUT2D eigenvalue weighted by molar-refractivity contribution is 5.98. The Kier molecular flexibility index (Phi) is 6.93. The first-order chi connectivity index (χ1) is 14.7. The maximum absolute atomic E-state index is 14.0. The molecule has 2 aromatic rings. The molecule has 1 aliphatic rings. The Morgan fingerprint density at radius 3 is 2.10 bits per heavy atom. The van der Waals surface area contributed by atoms with Crippen molar-refractivity contribution in [2.75, 3.05) is 31.1 Å². The van der Waals surface area contributed by atoms with Gasteiger partial charge in [-0.05, 0) is 49.1 Å². The molecule has 166 valence electrons. The summed E-state index contributed by atoms with van der Waals surface area (Å²) in [6, 6.07) is 8.57. The van der Waals surface area contributed by atoms with Crippen molar-refractivity contribution in [1.29, 1.82) is 0 Å². The fraction of sp³-hybridized carbons (Fsp3) is 0.417. The van der Waals surface area contributed by atoms with Crippen LogP contribution in [0.5, 0.6) is 0 Å². The Labute approximate surface area is 182 Å². The molecule has 1 heterocycles. The van der Waals surface area contributed by atoms with Crippen molar-refractivity contribution in [3.8, 4) is 0 Å². The van der Waals surface area contributed by atoms with Gasteiger partial charge in [0.15, 0.2) is 0 Å². The molecule has 0 radical (unpaired) electrons. The third-order valence-electron chi connectivity index (χ3n) is 5.92. The number of hydrogen-bond acceptors (Lipinski definition) is 3. The number of aryl methyl sites for hydroxylation is 1. The zero-order valence-electron chi connectivity index (χ0n) is 18.4. The van der Waals surface area contributed by atoms with Gasteiger partial charge in [0.1, 0.15) is 23.2 Å². The molecular weight excluding hydrogens is 400 g/mol. The zero-order valence-corrected chi connectivity index (χ0v) is 18.4. The normalized spacial score (nSPS) is 15.2. The van der Waals surface area contributed by atoms with Crippen molar-refractivity contribution >= 4 is 17.5 Å². The minimum absolute atomic E-state index is 0.233. The lowest BCUT2D eigenvalue weighted by atomic mass is 10.0. The molecule has 0 bridgehead atoms. The Bertz CT molecular complexity index is 949. The van der Waals surface area contributed by atoms with Crippen LogP contribution >= 0.6 is 0 Å². The van der Waals surface area contributed by atoms with E-state index in [-0.39, 0.29) is 11.8 Å². The van der Waals surface area contributed by atoms with E-state index < -0.39 is 29.1 Å². The van der Waals surface area contributed by atoms with Crippen LogP contribution < -0.4 is 10.2 Å². The molecule has 1 fully saturated rings. The van der Waals surface area contributed by atoms with Gasteiger partial charge >= 0.3 is 0 Å². The number of halogens is 2. The molecule has 2 amide bonds. The maximum atomic E-state index is 14.0. The van der Waals surface area contributed by atoms with E-state index in [0.717, 1.165) is 17.8 Å². The molecule has 2 aromatic carbocycles. The van der Waals surface area contributed by atoms with Gasteiger partial charge in [0.05, 0.1) is 0 Å². The summed E-state index contributed by atoms with van der Waals surface area (Å²) in [4.78, 5) is 29.6. The van der Waals surface area contributed by atoms with Crippen molar-refractivity contribution < 1.29 is 18.4 Å². The molecule has 31 heavy (non-hydrogen) atoms. The number of benzene rings is 2. The lowest BCUT2D eigenvalue weighted by molar-refractivity contribution is -0.134. The van der Waals surface area contributed by atoms with E-state index in [1.54, 1.807) is 18.7 Å². The van der Waals surface area contributed by atoms with Crippen LogP contribution in [0.3, 0.4) is 0 Å². The van der Waals surface area contributed by atoms with E-state index in [9.17, 15) is 18.4 Å². The highest BCUT2D eigenvalue weighted by Gasteiger charge is 2.32. The maximum Gasteiger partial charge on any atom is 0.257 e. The highest BCUT2D eigenvalue weighted by Crippen LogP contribution is 2.24. The average Bonchev–Trinajstić information content (AvgIpc) is 2.73. The molecule has 1 unspecified atom stereocenters. The van der Waals surface area contributed by atoms with Crippen molar-refractivity contribution in [1.82, 2.24) is 10.2 Å². The summed E-state index contributed by atoms with van der Waals surface area (Å²) < 4.78 is 27.9. The molecule has 0 spiro atoms. The van der Waals surface area contributed by atoms with Crippen LogP contribution in [0.1, 0.15) is 35.3 Å². The van der Waals surface area contributed by atoms with Crippen LogP contribution in [0.4, 0.5) is 14.5 Å². The van der Waals surface area contributed by atoms with Crippen LogP contribution in [0, 0.1) is 31.4 Å². The number of hydrogen-bond donors (Lipinski definition) is 1. The second-order valence-electron chi connectivity index (χ2n) is 8.32. The number of carbonyl (C=O) groups excluding carboxylic acids is 2. The second kappa shape index (κ2) is 9.45. The molecule has 3 rings (SSSR count). The number of rotatable bonds is 5. The average molecular weight is 430 g/mol. The third-order valence-corrected chi connectivity index (χ3v) is 5.92. The first-order valence-corrected chi connectivity index (χ1v) is 10.6. The monoisotopic (exact) mass is 429 g/mol. The fourth-order valence-corrected chi connectivity index (χ4v) is 3.88. The zero-order chi connectivity index (χ0) is 22.7. The summed E-state index contributed by atoms with van der Waals surface area (Å²) in [5.41, 5.74) is 2.94. The second-order valence-corrected chi connectivity index (χ2v) is 8.32. The van der Waals surface area contributed by atoms with E-state index in [1.807, 2.05) is 6.07 Å². The van der Waals surface area contributed by atoms with Crippen LogP contribution in [-0.4, -0.2) is 48.9 Å². The van der Waals surface area contributed by atoms with Gasteiger partial charge < -0.3 is 15.1 Å². The molecule has 1 aliphatic heterocycles. The van der Waals surface area contributed by atoms with E-state index in [2.05, 4.69) is 36.2 Å². The highest BCUT2D eigenvalue weighted by atomic mass is 19.1. The van der Waals surface area contributed by atoms with Crippen molar-refractivity contribution in [2.24, 2.45) is 5.92 Å². The van der Waals surface area contributed by atoms with Gasteiger partial charge in [0.25, 0.3) is 5.91 Å². The minimum Gasteiger partial charge on any atom is -0.368 e. The lowest BCUT2D eigenvalue weighted by Gasteiger charge is -2.39. The van der Waals surface area contributed by atoms with Crippen molar-refractivity contribution in [2.45, 2.75) is 33.7 Å². The first-order valence-electron chi connectivity index (χ1n) is 10.6. The predicted octanol–water partition coefficient (Wildman–Crippen LogP) is 3.68. The third kappa shape index (κ3) is 4.86. The summed E-state index contributed by atoms with van der Waals surface area (Å²) in [7, 11) is 0. The van der Waals surface area contributed by atoms with Crippen molar-refractivity contribution in [3.05, 3.63) is 64.7 Å². The Hall–Kier alpha value is -2.96. The summed E-state index contributed by atoms with van der Waals surface area (Å²) in [5, 5.41) is 2.55. The minimum atomic E-state index is -0.949. The predicted molar refractivity (Wildman–Crippen MR) is 117 cm³/mol. The van der Waals surface area contributed by atoms with Gasteiger partial charge in [-0.1, -0.05) is 32.0 Å². The van der Waals surface area contributed by atoms with E-state index >= 15 is 0 Å². The molecular formula is C24H29F2N3O2. The summed E-state index contributed by atoms with van der Waals surface area (Å²) >= 11 is 0. The molecule has 0 aliphatic carbocycles. The topological polar surface area (TPSA) is 52.6 Å². The first kappa shape index (κ1) is 22.7. The summed E-state index contributed by atoms with van der Waals surface area (Å²) in [6.07, 6.45) is 0. The largest absolute Gasteiger partial charge is 0.368 e. The molecule has 1 N–H and O–H groups in total. The number of amides is 2. The molecule has 1 saturated heterocycles. The van der Waals surface area contributed by atoms with Gasteiger partial charge in [0, 0.05) is 31.9 Å². The molecule has 1 atom stereocenters. The fourth-order valence-electron chi connectivity index (χ4n) is 3.88. The molecule has 0 aromatic heterocycles. The van der Waals surface area contributed by atoms with Gasteiger partial charge in [-0.25, -0.2) is 8.78 Å². The van der Waals surface area contributed by atoms with Crippen LogP contribution in [0.15, 0.2) is 36.4 Å². The van der Waals surface area contributed by atoms with Gasteiger partial charge in [-0.3, -0.25) is 9.59 Å². The van der Waals surface area contributed by atoms with Gasteiger partial charge in [0.2, 0.25) is 5.91 Å². The van der Waals surface area contributed by atoms with Crippen LogP contribution in [-0.2, 0) is 4.79 Å². The smallest absolute Gasteiger partial charge is 0.257 e.